The topological polar surface area (TPSA) is 95.5 Å². The monoisotopic (exact) mass is 441 g/mol. The summed E-state index contributed by atoms with van der Waals surface area (Å²) in [6.07, 6.45) is 3.83. The molecule has 1 aromatic heterocycles. The zero-order valence-electron chi connectivity index (χ0n) is 13.0. The van der Waals surface area contributed by atoms with Gasteiger partial charge >= 0.3 is 0 Å². The van der Waals surface area contributed by atoms with E-state index in [-0.39, 0.29) is 35.4 Å². The normalized spacial score (nSPS) is 13.1. The molecule has 0 aromatic carbocycles. The van der Waals surface area contributed by atoms with E-state index in [1.807, 2.05) is 0 Å². The van der Waals surface area contributed by atoms with E-state index in [0.29, 0.717) is 18.5 Å². The minimum Gasteiger partial charge on any atom is -0.355 e. The first-order chi connectivity index (χ1) is 9.99. The summed E-state index contributed by atoms with van der Waals surface area (Å²) in [4.78, 5) is 8.03. The lowest BCUT2D eigenvalue weighted by Gasteiger charge is -2.16. The van der Waals surface area contributed by atoms with Crippen LogP contribution in [-0.4, -0.2) is 45.5 Å². The van der Waals surface area contributed by atoms with Crippen molar-refractivity contribution < 1.29 is 8.42 Å². The predicted octanol–water partition coefficient (Wildman–Crippen LogP) is 0.941. The molecule has 0 fully saturated rings. The molecule has 1 atom stereocenters. The highest BCUT2D eigenvalue weighted by molar-refractivity contribution is 14.0. The number of nitrogens with zero attached hydrogens (tertiary/aromatic N) is 2. The largest absolute Gasteiger partial charge is 0.355 e. The molecule has 0 saturated carbocycles. The Hall–Kier alpha value is -0.940. The van der Waals surface area contributed by atoms with Crippen molar-refractivity contribution in [1.29, 1.82) is 0 Å². The summed E-state index contributed by atoms with van der Waals surface area (Å²) in [7, 11) is -1.83. The molecule has 0 saturated heterocycles. The molecule has 1 heterocycles. The average Bonchev–Trinajstić information content (AvgIpc) is 2.50. The lowest BCUT2D eigenvalue weighted by molar-refractivity contribution is 0.579. The second-order valence-corrected chi connectivity index (χ2v) is 6.31. The van der Waals surface area contributed by atoms with Gasteiger partial charge in [0.2, 0.25) is 10.0 Å². The summed E-state index contributed by atoms with van der Waals surface area (Å²) in [6, 6.07) is 3.40. The fourth-order valence-electron chi connectivity index (χ4n) is 1.49. The first-order valence-electron chi connectivity index (χ1n) is 6.86. The van der Waals surface area contributed by atoms with Gasteiger partial charge in [-0.3, -0.25) is 9.98 Å². The van der Waals surface area contributed by atoms with E-state index in [2.05, 4.69) is 39.2 Å². The summed E-state index contributed by atoms with van der Waals surface area (Å²) < 4.78 is 26.4. The molecular formula is C13H24IN5O2S. The summed E-state index contributed by atoms with van der Waals surface area (Å²) in [5.74, 6) is 0.657. The van der Waals surface area contributed by atoms with Gasteiger partial charge in [0.05, 0.1) is 0 Å². The lowest BCUT2D eigenvalue weighted by atomic mass is 10.3. The van der Waals surface area contributed by atoms with Crippen molar-refractivity contribution in [1.82, 2.24) is 20.3 Å². The predicted molar refractivity (Wildman–Crippen MR) is 99.1 cm³/mol. The zero-order chi connectivity index (χ0) is 15.7. The smallest absolute Gasteiger partial charge is 0.242 e. The van der Waals surface area contributed by atoms with Crippen LogP contribution in [0, 0.1) is 0 Å². The molecule has 7 nitrogen and oxygen atoms in total. The Morgan fingerprint density at radius 3 is 2.68 bits per heavy atom. The molecule has 0 radical (unpaired) electrons. The molecule has 0 amide bonds. The minimum atomic E-state index is -3.51. The highest BCUT2D eigenvalue weighted by Crippen LogP contribution is 2.04. The minimum absolute atomic E-state index is 0. The Morgan fingerprint density at radius 1 is 1.41 bits per heavy atom. The highest BCUT2D eigenvalue weighted by atomic mass is 127. The lowest BCUT2D eigenvalue weighted by Crippen LogP contribution is -2.44. The second-order valence-electron chi connectivity index (χ2n) is 4.54. The SMILES string of the molecule is CCC(C)NC(=NC)NCCNS(=O)(=O)c1cccnc1.I. The van der Waals surface area contributed by atoms with Crippen molar-refractivity contribution in [2.45, 2.75) is 31.2 Å². The Balaban J connectivity index is 0.00000441. The van der Waals surface area contributed by atoms with Gasteiger partial charge in [-0.2, -0.15) is 0 Å². The molecule has 0 aliphatic heterocycles. The zero-order valence-corrected chi connectivity index (χ0v) is 16.2. The first kappa shape index (κ1) is 21.1. The molecular weight excluding hydrogens is 417 g/mol. The Bertz CT molecular complexity index is 551. The molecule has 0 aliphatic carbocycles. The number of guanidine groups is 1. The van der Waals surface area contributed by atoms with Crippen LogP contribution < -0.4 is 15.4 Å². The Labute approximate surface area is 149 Å². The van der Waals surface area contributed by atoms with Crippen molar-refractivity contribution in [3.05, 3.63) is 24.5 Å². The number of hydrogen-bond donors (Lipinski definition) is 3. The standard InChI is InChI=1S/C13H23N5O2S.HI/c1-4-11(2)18-13(14-3)16-8-9-17-21(19,20)12-6-5-7-15-10-12;/h5-7,10-11,17H,4,8-9H2,1-3H3,(H2,14,16,18);1H. The highest BCUT2D eigenvalue weighted by Gasteiger charge is 2.12. The number of halogens is 1. The third-order valence-corrected chi connectivity index (χ3v) is 4.32. The first-order valence-corrected chi connectivity index (χ1v) is 8.34. The fraction of sp³-hybridized carbons (Fsp3) is 0.538. The van der Waals surface area contributed by atoms with Gasteiger partial charge in [-0.05, 0) is 25.5 Å². The number of pyridine rings is 1. The third-order valence-electron chi connectivity index (χ3n) is 2.87. The van der Waals surface area contributed by atoms with E-state index >= 15 is 0 Å². The van der Waals surface area contributed by atoms with Crippen LogP contribution in [0.5, 0.6) is 0 Å². The number of hydrogen-bond acceptors (Lipinski definition) is 4. The second kappa shape index (κ2) is 10.7. The molecule has 0 spiro atoms. The Morgan fingerprint density at radius 2 is 2.14 bits per heavy atom. The van der Waals surface area contributed by atoms with Crippen molar-refractivity contribution in [3.8, 4) is 0 Å². The van der Waals surface area contributed by atoms with E-state index in [1.54, 1.807) is 13.1 Å². The quantitative estimate of drug-likeness (QED) is 0.254. The average molecular weight is 441 g/mol. The maximum atomic E-state index is 11.9. The van der Waals surface area contributed by atoms with Gasteiger partial charge in [0, 0.05) is 38.6 Å². The van der Waals surface area contributed by atoms with E-state index in [4.69, 9.17) is 0 Å². The fourth-order valence-corrected chi connectivity index (χ4v) is 2.48. The number of sulfonamides is 1. The van der Waals surface area contributed by atoms with Crippen LogP contribution >= 0.6 is 24.0 Å². The molecule has 0 bridgehead atoms. The van der Waals surface area contributed by atoms with E-state index < -0.39 is 10.0 Å². The van der Waals surface area contributed by atoms with Gasteiger partial charge in [-0.15, -0.1) is 24.0 Å². The maximum absolute atomic E-state index is 11.9. The third kappa shape index (κ3) is 7.36. The van der Waals surface area contributed by atoms with Crippen LogP contribution in [0.3, 0.4) is 0 Å². The summed E-state index contributed by atoms with van der Waals surface area (Å²) in [5, 5.41) is 6.25. The van der Waals surface area contributed by atoms with Crippen LogP contribution in [0.25, 0.3) is 0 Å². The molecule has 1 unspecified atom stereocenters. The van der Waals surface area contributed by atoms with Crippen LogP contribution in [-0.2, 0) is 10.0 Å². The molecule has 126 valence electrons. The van der Waals surface area contributed by atoms with Gasteiger partial charge in [-0.25, -0.2) is 13.1 Å². The molecule has 1 rings (SSSR count). The van der Waals surface area contributed by atoms with Gasteiger partial charge in [0.15, 0.2) is 5.96 Å². The number of rotatable bonds is 7. The van der Waals surface area contributed by atoms with Crippen molar-refractivity contribution in [2.24, 2.45) is 4.99 Å². The number of aromatic nitrogens is 1. The van der Waals surface area contributed by atoms with Crippen molar-refractivity contribution in [3.63, 3.8) is 0 Å². The van der Waals surface area contributed by atoms with Gasteiger partial charge in [-0.1, -0.05) is 6.92 Å². The molecule has 9 heteroatoms. The Kier molecular flexibility index (Phi) is 10.3. The summed E-state index contributed by atoms with van der Waals surface area (Å²) in [6.45, 7) is 4.83. The van der Waals surface area contributed by atoms with E-state index in [0.717, 1.165) is 6.42 Å². The number of aliphatic imine (C=N–C) groups is 1. The maximum Gasteiger partial charge on any atom is 0.242 e. The summed E-state index contributed by atoms with van der Waals surface area (Å²) >= 11 is 0. The van der Waals surface area contributed by atoms with Crippen LogP contribution in [0.15, 0.2) is 34.4 Å². The molecule has 0 aliphatic rings. The van der Waals surface area contributed by atoms with Gasteiger partial charge in [0.25, 0.3) is 0 Å². The molecule has 3 N–H and O–H groups in total. The van der Waals surface area contributed by atoms with E-state index in [1.165, 1.54) is 18.5 Å². The van der Waals surface area contributed by atoms with Crippen LogP contribution in [0.4, 0.5) is 0 Å². The van der Waals surface area contributed by atoms with Crippen molar-refractivity contribution in [2.75, 3.05) is 20.1 Å². The summed E-state index contributed by atoms with van der Waals surface area (Å²) in [5.41, 5.74) is 0. The van der Waals surface area contributed by atoms with Gasteiger partial charge < -0.3 is 10.6 Å². The van der Waals surface area contributed by atoms with Crippen LogP contribution in [0.2, 0.25) is 0 Å². The van der Waals surface area contributed by atoms with E-state index in [9.17, 15) is 8.42 Å². The van der Waals surface area contributed by atoms with Crippen molar-refractivity contribution >= 4 is 40.0 Å². The number of nitrogens with one attached hydrogen (secondary N) is 3. The van der Waals surface area contributed by atoms with Gasteiger partial charge in [0.1, 0.15) is 4.90 Å². The van der Waals surface area contributed by atoms with Crippen LogP contribution in [0.1, 0.15) is 20.3 Å². The molecule has 1 aromatic rings. The molecule has 22 heavy (non-hydrogen) atoms.